The number of halogens is 2. The number of rotatable bonds is 5. The van der Waals surface area contributed by atoms with E-state index in [0.29, 0.717) is 0 Å². The van der Waals surface area contributed by atoms with Gasteiger partial charge in [-0.25, -0.2) is 21.9 Å². The van der Waals surface area contributed by atoms with Gasteiger partial charge in [-0.2, -0.15) is 0 Å². The molecule has 1 aromatic heterocycles. The summed E-state index contributed by atoms with van der Waals surface area (Å²) < 4.78 is 57.9. The van der Waals surface area contributed by atoms with Crippen molar-refractivity contribution in [1.82, 2.24) is 9.88 Å². The Hall–Kier alpha value is -1.84. The lowest BCUT2D eigenvalue weighted by Crippen LogP contribution is -2.37. The number of sulfonamides is 1. The molecule has 2 N–H and O–H groups in total. The SMILES string of the molecule is Cc1noc(C)c1S(=O)(=O)N[C@H](C)[C@@H](O)c1ccc(F)c(F)c1. The third-order valence-corrected chi connectivity index (χ3v) is 5.14. The number of benzene rings is 1. The van der Waals surface area contributed by atoms with E-state index in [1.165, 1.54) is 26.8 Å². The summed E-state index contributed by atoms with van der Waals surface area (Å²) in [5.41, 5.74) is 0.238. The van der Waals surface area contributed by atoms with Gasteiger partial charge in [-0.05, 0) is 38.5 Å². The lowest BCUT2D eigenvalue weighted by atomic mass is 10.0. The third kappa shape index (κ3) is 3.57. The fourth-order valence-corrected chi connectivity index (χ4v) is 3.79. The normalized spacial score (nSPS) is 14.7. The van der Waals surface area contributed by atoms with Gasteiger partial charge in [-0.3, -0.25) is 0 Å². The monoisotopic (exact) mass is 346 g/mol. The smallest absolute Gasteiger partial charge is 0.246 e. The van der Waals surface area contributed by atoms with Crippen LogP contribution in [0.2, 0.25) is 0 Å². The van der Waals surface area contributed by atoms with Crippen molar-refractivity contribution in [2.75, 3.05) is 0 Å². The van der Waals surface area contributed by atoms with Gasteiger partial charge in [0, 0.05) is 6.04 Å². The number of aliphatic hydroxyl groups excluding tert-OH is 1. The number of aromatic nitrogens is 1. The minimum absolute atomic E-state index is 0.0536. The van der Waals surface area contributed by atoms with Crippen LogP contribution in [0.25, 0.3) is 0 Å². The van der Waals surface area contributed by atoms with Crippen molar-refractivity contribution in [2.24, 2.45) is 0 Å². The van der Waals surface area contributed by atoms with E-state index < -0.39 is 33.8 Å². The Kier molecular flexibility index (Phi) is 4.83. The zero-order valence-electron chi connectivity index (χ0n) is 12.7. The molecule has 0 aliphatic carbocycles. The van der Waals surface area contributed by atoms with Crippen LogP contribution in [0.1, 0.15) is 30.0 Å². The van der Waals surface area contributed by atoms with Crippen LogP contribution in [0, 0.1) is 25.5 Å². The topological polar surface area (TPSA) is 92.4 Å². The first kappa shape index (κ1) is 17.5. The van der Waals surface area contributed by atoms with E-state index >= 15 is 0 Å². The van der Waals surface area contributed by atoms with Crippen molar-refractivity contribution in [3.05, 3.63) is 46.9 Å². The van der Waals surface area contributed by atoms with Gasteiger partial charge in [0.05, 0.1) is 6.10 Å². The fraction of sp³-hybridized carbons (Fsp3) is 0.357. The summed E-state index contributed by atoms with van der Waals surface area (Å²) in [7, 11) is -3.98. The standard InChI is InChI=1S/C14H16F2N2O4S/c1-7(13(19)10-4-5-11(15)12(16)6-10)18-23(20,21)14-8(2)17-22-9(14)3/h4-7,13,18-19H,1-3H3/t7-,13-/m1/s1. The second-order valence-corrected chi connectivity index (χ2v) is 6.83. The molecule has 2 atom stereocenters. The molecule has 6 nitrogen and oxygen atoms in total. The molecule has 126 valence electrons. The molecule has 1 heterocycles. The molecule has 0 bridgehead atoms. The fourth-order valence-electron chi connectivity index (χ4n) is 2.21. The van der Waals surface area contributed by atoms with Gasteiger partial charge in [0.15, 0.2) is 17.4 Å². The molecular weight excluding hydrogens is 330 g/mol. The average Bonchev–Trinajstić information content (AvgIpc) is 2.80. The Bertz CT molecular complexity index is 801. The van der Waals surface area contributed by atoms with Crippen molar-refractivity contribution in [3.8, 4) is 0 Å². The lowest BCUT2D eigenvalue weighted by molar-refractivity contribution is 0.146. The summed E-state index contributed by atoms with van der Waals surface area (Å²) in [4.78, 5) is -0.109. The van der Waals surface area contributed by atoms with E-state index in [4.69, 9.17) is 4.52 Å². The summed E-state index contributed by atoms with van der Waals surface area (Å²) in [6, 6.07) is 1.88. The van der Waals surface area contributed by atoms with Crippen LogP contribution in [0.5, 0.6) is 0 Å². The van der Waals surface area contributed by atoms with Crippen LogP contribution in [-0.4, -0.2) is 24.7 Å². The molecule has 0 unspecified atom stereocenters. The molecule has 1 aromatic carbocycles. The predicted molar refractivity (Wildman–Crippen MR) is 77.1 cm³/mol. The highest BCUT2D eigenvalue weighted by molar-refractivity contribution is 7.89. The lowest BCUT2D eigenvalue weighted by Gasteiger charge is -2.20. The minimum atomic E-state index is -3.98. The molecule has 0 spiro atoms. The molecule has 0 amide bonds. The van der Waals surface area contributed by atoms with Gasteiger partial charge < -0.3 is 9.63 Å². The van der Waals surface area contributed by atoms with E-state index in [0.717, 1.165) is 12.1 Å². The van der Waals surface area contributed by atoms with Crippen LogP contribution in [0.3, 0.4) is 0 Å². The maximum absolute atomic E-state index is 13.2. The van der Waals surface area contributed by atoms with Crippen molar-refractivity contribution in [2.45, 2.75) is 37.8 Å². The van der Waals surface area contributed by atoms with E-state index in [1.54, 1.807) is 0 Å². The molecule has 9 heteroatoms. The number of nitrogens with zero attached hydrogens (tertiary/aromatic N) is 1. The molecule has 2 aromatic rings. The number of aryl methyl sites for hydroxylation is 2. The van der Waals surface area contributed by atoms with Crippen LogP contribution < -0.4 is 4.72 Å². The van der Waals surface area contributed by atoms with Gasteiger partial charge >= 0.3 is 0 Å². The second kappa shape index (κ2) is 6.34. The van der Waals surface area contributed by atoms with Crippen molar-refractivity contribution in [3.63, 3.8) is 0 Å². The zero-order chi connectivity index (χ0) is 17.4. The molecule has 0 saturated heterocycles. The molecule has 0 fully saturated rings. The van der Waals surface area contributed by atoms with Crippen LogP contribution in [0.4, 0.5) is 8.78 Å². The maximum Gasteiger partial charge on any atom is 0.246 e. The summed E-state index contributed by atoms with van der Waals surface area (Å²) in [6.45, 7) is 4.33. The van der Waals surface area contributed by atoms with E-state index in [2.05, 4.69) is 9.88 Å². The van der Waals surface area contributed by atoms with Gasteiger partial charge in [-0.1, -0.05) is 11.2 Å². The number of hydrogen-bond donors (Lipinski definition) is 2. The highest BCUT2D eigenvalue weighted by atomic mass is 32.2. The second-order valence-electron chi connectivity index (χ2n) is 5.18. The summed E-state index contributed by atoms with van der Waals surface area (Å²) in [5.74, 6) is -2.06. The summed E-state index contributed by atoms with van der Waals surface area (Å²) >= 11 is 0. The average molecular weight is 346 g/mol. The van der Waals surface area contributed by atoms with E-state index in [1.807, 2.05) is 0 Å². The van der Waals surface area contributed by atoms with E-state index in [-0.39, 0.29) is 21.9 Å². The first-order valence-corrected chi connectivity index (χ1v) is 8.20. The first-order chi connectivity index (χ1) is 10.6. The molecule has 0 aliphatic rings. The number of aliphatic hydroxyl groups is 1. The van der Waals surface area contributed by atoms with E-state index in [9.17, 15) is 22.3 Å². The first-order valence-electron chi connectivity index (χ1n) is 6.71. The Labute approximate surface area is 132 Å². The highest BCUT2D eigenvalue weighted by Gasteiger charge is 2.29. The maximum atomic E-state index is 13.2. The Morgan fingerprint density at radius 1 is 1.26 bits per heavy atom. The molecule has 0 saturated carbocycles. The number of hydrogen-bond acceptors (Lipinski definition) is 5. The highest BCUT2D eigenvalue weighted by Crippen LogP contribution is 2.23. The van der Waals surface area contributed by atoms with Crippen LogP contribution in [0.15, 0.2) is 27.6 Å². The summed E-state index contributed by atoms with van der Waals surface area (Å²) in [5, 5.41) is 13.7. The largest absolute Gasteiger partial charge is 0.387 e. The third-order valence-electron chi connectivity index (χ3n) is 3.34. The predicted octanol–water partition coefficient (Wildman–Crippen LogP) is 1.97. The van der Waals surface area contributed by atoms with Crippen molar-refractivity contribution in [1.29, 1.82) is 0 Å². The van der Waals surface area contributed by atoms with Gasteiger partial charge in [0.1, 0.15) is 10.6 Å². The minimum Gasteiger partial charge on any atom is -0.387 e. The quantitative estimate of drug-likeness (QED) is 0.863. The summed E-state index contributed by atoms with van der Waals surface area (Å²) in [6.07, 6.45) is -1.36. The Morgan fingerprint density at radius 3 is 2.43 bits per heavy atom. The van der Waals surface area contributed by atoms with Crippen LogP contribution in [-0.2, 0) is 10.0 Å². The zero-order valence-corrected chi connectivity index (χ0v) is 13.5. The molecule has 0 radical (unpaired) electrons. The van der Waals surface area contributed by atoms with Crippen molar-refractivity contribution < 1.29 is 26.8 Å². The molecule has 2 rings (SSSR count). The Morgan fingerprint density at radius 2 is 1.91 bits per heavy atom. The molecule has 23 heavy (non-hydrogen) atoms. The molecule has 0 aliphatic heterocycles. The van der Waals surface area contributed by atoms with Gasteiger partial charge in [-0.15, -0.1) is 0 Å². The molecular formula is C14H16F2N2O4S. The van der Waals surface area contributed by atoms with Gasteiger partial charge in [0.2, 0.25) is 10.0 Å². The van der Waals surface area contributed by atoms with Crippen LogP contribution >= 0.6 is 0 Å². The number of nitrogens with one attached hydrogen (secondary N) is 1. The van der Waals surface area contributed by atoms with Crippen molar-refractivity contribution >= 4 is 10.0 Å². The van der Waals surface area contributed by atoms with Gasteiger partial charge in [0.25, 0.3) is 0 Å². The Balaban J connectivity index is 2.23.